The molecule has 0 saturated carbocycles. The lowest BCUT2D eigenvalue weighted by Crippen LogP contribution is -2.48. The van der Waals surface area contributed by atoms with Crippen LogP contribution in [-0.4, -0.2) is 23.2 Å². The number of hydrogen-bond acceptors (Lipinski definition) is 3. The lowest BCUT2D eigenvalue weighted by atomic mass is 10.1. The number of carbonyl (C=O) groups excluding carboxylic acids is 1. The van der Waals surface area contributed by atoms with Crippen LogP contribution in [0.4, 0.5) is 0 Å². The first-order valence-corrected chi connectivity index (χ1v) is 4.87. The highest BCUT2D eigenvalue weighted by molar-refractivity contribution is 9.10. The van der Waals surface area contributed by atoms with E-state index < -0.39 is 18.1 Å². The first kappa shape index (κ1) is 9.97. The van der Waals surface area contributed by atoms with Crippen LogP contribution in [0.1, 0.15) is 10.4 Å². The van der Waals surface area contributed by atoms with Gasteiger partial charge in [0.05, 0.1) is 5.56 Å². The molecule has 1 aromatic rings. The zero-order chi connectivity index (χ0) is 11.0. The number of carbonyl (C=O) groups is 2. The number of carboxylic acid groups (broad SMARTS) is 1. The number of hydrogen-bond donors (Lipinski definition) is 2. The number of amides is 1. The van der Waals surface area contributed by atoms with E-state index in [1.54, 1.807) is 18.2 Å². The molecule has 78 valence electrons. The average Bonchev–Trinajstić information content (AvgIpc) is 2.18. The molecule has 15 heavy (non-hydrogen) atoms. The molecule has 5 nitrogen and oxygen atoms in total. The maximum absolute atomic E-state index is 11.5. The van der Waals surface area contributed by atoms with E-state index in [0.717, 1.165) is 4.47 Å². The molecule has 0 radical (unpaired) electrons. The van der Waals surface area contributed by atoms with E-state index in [0.29, 0.717) is 5.56 Å². The molecule has 1 aliphatic rings. The summed E-state index contributed by atoms with van der Waals surface area (Å²) in [5.41, 5.74) is 0.321. The van der Waals surface area contributed by atoms with Crippen LogP contribution in [0.15, 0.2) is 22.7 Å². The van der Waals surface area contributed by atoms with Gasteiger partial charge in [0, 0.05) is 4.47 Å². The van der Waals surface area contributed by atoms with Gasteiger partial charge in [-0.3, -0.25) is 4.79 Å². The maximum atomic E-state index is 11.5. The first-order chi connectivity index (χ1) is 7.08. The normalized spacial score (nSPS) is 18.7. The van der Waals surface area contributed by atoms with Crippen molar-refractivity contribution in [3.8, 4) is 5.75 Å². The third-order valence-corrected chi connectivity index (χ3v) is 2.41. The van der Waals surface area contributed by atoms with Crippen LogP contribution in [0.5, 0.6) is 5.75 Å². The van der Waals surface area contributed by atoms with Crippen LogP contribution in [0.2, 0.25) is 0 Å². The monoisotopic (exact) mass is 271 g/mol. The summed E-state index contributed by atoms with van der Waals surface area (Å²) in [5.74, 6) is -1.41. The Kier molecular flexibility index (Phi) is 2.36. The number of benzene rings is 1. The SMILES string of the molecule is O=C1NC(C(=O)O)Oc2ccc(Br)cc21. The van der Waals surface area contributed by atoms with Crippen LogP contribution >= 0.6 is 15.9 Å². The minimum atomic E-state index is -1.31. The number of aliphatic carboxylic acids is 1. The van der Waals surface area contributed by atoms with E-state index in [4.69, 9.17) is 9.84 Å². The molecule has 1 atom stereocenters. The third kappa shape index (κ3) is 1.80. The van der Waals surface area contributed by atoms with E-state index in [-0.39, 0.29) is 5.75 Å². The van der Waals surface area contributed by atoms with Crippen molar-refractivity contribution in [2.75, 3.05) is 0 Å². The minimum absolute atomic E-state index is 0.273. The molecule has 0 saturated heterocycles. The van der Waals surface area contributed by atoms with Gasteiger partial charge in [0.2, 0.25) is 0 Å². The lowest BCUT2D eigenvalue weighted by molar-refractivity contribution is -0.146. The minimum Gasteiger partial charge on any atom is -0.477 e. The van der Waals surface area contributed by atoms with E-state index in [2.05, 4.69) is 21.2 Å². The van der Waals surface area contributed by atoms with Crippen molar-refractivity contribution in [3.05, 3.63) is 28.2 Å². The van der Waals surface area contributed by atoms with Gasteiger partial charge < -0.3 is 15.2 Å². The highest BCUT2D eigenvalue weighted by Gasteiger charge is 2.30. The van der Waals surface area contributed by atoms with Crippen LogP contribution in [0.25, 0.3) is 0 Å². The number of halogens is 1. The largest absolute Gasteiger partial charge is 0.477 e. The summed E-state index contributed by atoms with van der Waals surface area (Å²) in [6.45, 7) is 0. The molecule has 0 aromatic heterocycles. The molecule has 0 spiro atoms. The molecule has 6 heteroatoms. The van der Waals surface area contributed by atoms with Gasteiger partial charge in [-0.2, -0.15) is 0 Å². The zero-order valence-electron chi connectivity index (χ0n) is 7.36. The molecule has 2 rings (SSSR count). The van der Waals surface area contributed by atoms with Crippen molar-refractivity contribution in [2.45, 2.75) is 6.23 Å². The molecule has 0 bridgehead atoms. The molecule has 2 N–H and O–H groups in total. The topological polar surface area (TPSA) is 75.6 Å². The molecular formula is C9H6BrNO4. The molecule has 1 amide bonds. The Hall–Kier alpha value is -1.56. The summed E-state index contributed by atoms with van der Waals surface area (Å²) >= 11 is 3.21. The van der Waals surface area contributed by atoms with E-state index in [9.17, 15) is 9.59 Å². The number of fused-ring (bicyclic) bond motifs is 1. The Bertz CT molecular complexity index is 446. The van der Waals surface area contributed by atoms with Crippen LogP contribution in [0, 0.1) is 0 Å². The second-order valence-electron chi connectivity index (χ2n) is 2.95. The Morgan fingerprint density at radius 2 is 2.27 bits per heavy atom. The zero-order valence-corrected chi connectivity index (χ0v) is 8.95. The summed E-state index contributed by atoms with van der Waals surface area (Å²) in [4.78, 5) is 22.1. The van der Waals surface area contributed by atoms with Crippen LogP contribution < -0.4 is 10.1 Å². The molecule has 0 aliphatic carbocycles. The standard InChI is InChI=1S/C9H6BrNO4/c10-4-1-2-6-5(3-4)7(12)11-8(15-6)9(13)14/h1-3,8H,(H,11,12)(H,13,14). The quantitative estimate of drug-likeness (QED) is 0.799. The predicted octanol–water partition coefficient (Wildman–Crippen LogP) is 0.982. The Morgan fingerprint density at radius 3 is 2.93 bits per heavy atom. The fourth-order valence-electron chi connectivity index (χ4n) is 1.25. The summed E-state index contributed by atoms with van der Waals surface area (Å²) in [6.07, 6.45) is -1.31. The van der Waals surface area contributed by atoms with Crippen LogP contribution in [0.3, 0.4) is 0 Å². The third-order valence-electron chi connectivity index (χ3n) is 1.92. The molecule has 1 heterocycles. The summed E-state index contributed by atoms with van der Waals surface area (Å²) in [6, 6.07) is 4.80. The van der Waals surface area contributed by atoms with Crippen molar-refractivity contribution >= 4 is 27.8 Å². The van der Waals surface area contributed by atoms with Crippen molar-refractivity contribution < 1.29 is 19.4 Å². The van der Waals surface area contributed by atoms with Gasteiger partial charge in [0.15, 0.2) is 0 Å². The first-order valence-electron chi connectivity index (χ1n) is 4.08. The lowest BCUT2D eigenvalue weighted by Gasteiger charge is -2.23. The number of ether oxygens (including phenoxy) is 1. The number of nitrogens with one attached hydrogen (secondary N) is 1. The molecule has 1 aromatic carbocycles. The van der Waals surface area contributed by atoms with Crippen molar-refractivity contribution in [3.63, 3.8) is 0 Å². The molecular weight excluding hydrogens is 266 g/mol. The Balaban J connectivity index is 2.41. The average molecular weight is 272 g/mol. The molecule has 1 aliphatic heterocycles. The fourth-order valence-corrected chi connectivity index (χ4v) is 1.61. The van der Waals surface area contributed by atoms with Gasteiger partial charge in [-0.25, -0.2) is 4.79 Å². The van der Waals surface area contributed by atoms with Gasteiger partial charge in [-0.15, -0.1) is 0 Å². The van der Waals surface area contributed by atoms with Gasteiger partial charge in [-0.1, -0.05) is 15.9 Å². The highest BCUT2D eigenvalue weighted by Crippen LogP contribution is 2.26. The maximum Gasteiger partial charge on any atom is 0.366 e. The van der Waals surface area contributed by atoms with Gasteiger partial charge in [0.25, 0.3) is 12.1 Å². The van der Waals surface area contributed by atoms with Gasteiger partial charge in [-0.05, 0) is 18.2 Å². The van der Waals surface area contributed by atoms with E-state index >= 15 is 0 Å². The Labute approximate surface area is 93.2 Å². The van der Waals surface area contributed by atoms with E-state index in [1.807, 2.05) is 0 Å². The number of rotatable bonds is 1. The van der Waals surface area contributed by atoms with Crippen molar-refractivity contribution in [1.29, 1.82) is 0 Å². The fraction of sp³-hybridized carbons (Fsp3) is 0.111. The summed E-state index contributed by atoms with van der Waals surface area (Å²) in [5, 5.41) is 10.9. The second kappa shape index (κ2) is 3.54. The Morgan fingerprint density at radius 1 is 1.53 bits per heavy atom. The smallest absolute Gasteiger partial charge is 0.366 e. The van der Waals surface area contributed by atoms with Gasteiger partial charge in [0.1, 0.15) is 5.75 Å². The molecule has 1 unspecified atom stereocenters. The van der Waals surface area contributed by atoms with Gasteiger partial charge >= 0.3 is 5.97 Å². The number of carboxylic acids is 1. The van der Waals surface area contributed by atoms with E-state index in [1.165, 1.54) is 0 Å². The molecule has 0 fully saturated rings. The van der Waals surface area contributed by atoms with Crippen molar-refractivity contribution in [1.82, 2.24) is 5.32 Å². The summed E-state index contributed by atoms with van der Waals surface area (Å²) < 4.78 is 5.80. The van der Waals surface area contributed by atoms with Crippen molar-refractivity contribution in [2.24, 2.45) is 0 Å². The summed E-state index contributed by atoms with van der Waals surface area (Å²) in [7, 11) is 0. The van der Waals surface area contributed by atoms with Crippen LogP contribution in [-0.2, 0) is 4.79 Å². The second-order valence-corrected chi connectivity index (χ2v) is 3.87. The highest BCUT2D eigenvalue weighted by atomic mass is 79.9. The predicted molar refractivity (Wildman–Crippen MR) is 53.7 cm³/mol.